The minimum absolute atomic E-state index is 0.0906. The van der Waals surface area contributed by atoms with Crippen LogP contribution in [0.25, 0.3) is 0 Å². The molecule has 1 aliphatic heterocycles. The minimum atomic E-state index is -0.233. The van der Waals surface area contributed by atoms with Gasteiger partial charge in [0.2, 0.25) is 17.7 Å². The number of carbonyl (C=O) groups excluding carboxylic acids is 1. The normalized spacial score (nSPS) is 17.8. The highest BCUT2D eigenvalue weighted by molar-refractivity contribution is 5.93. The van der Waals surface area contributed by atoms with Crippen LogP contribution in [0, 0.1) is 13.8 Å². The summed E-state index contributed by atoms with van der Waals surface area (Å²) in [6.45, 7) is 9.46. The average molecular weight is 334 g/mol. The minimum Gasteiger partial charge on any atom is -0.338 e. The summed E-state index contributed by atoms with van der Waals surface area (Å²) in [6, 6.07) is 1.47. The molecule has 0 unspecified atom stereocenters. The van der Waals surface area contributed by atoms with E-state index < -0.39 is 0 Å². The van der Waals surface area contributed by atoms with Gasteiger partial charge in [-0.2, -0.15) is 4.98 Å². The lowest BCUT2D eigenvalue weighted by Crippen LogP contribution is -2.52. The van der Waals surface area contributed by atoms with Gasteiger partial charge in [0.15, 0.2) is 5.82 Å². The van der Waals surface area contributed by atoms with E-state index in [-0.39, 0.29) is 11.9 Å². The number of nitrogens with one attached hydrogen (secondary N) is 1. The van der Waals surface area contributed by atoms with E-state index in [2.05, 4.69) is 30.4 Å². The van der Waals surface area contributed by atoms with Gasteiger partial charge >= 0.3 is 0 Å². The molecule has 0 saturated carbocycles. The fourth-order valence-electron chi connectivity index (χ4n) is 2.72. The second-order valence-electron chi connectivity index (χ2n) is 6.05. The third kappa shape index (κ3) is 3.98. The van der Waals surface area contributed by atoms with Crippen LogP contribution in [0.15, 0.2) is 15.1 Å². The Morgan fingerprint density at radius 2 is 2.00 bits per heavy atom. The van der Waals surface area contributed by atoms with E-state index >= 15 is 0 Å². The van der Waals surface area contributed by atoms with Gasteiger partial charge in [-0.3, -0.25) is 19.9 Å². The number of piperazine rings is 1. The molecular formula is C15H22N6O3. The molecule has 9 nitrogen and oxygen atoms in total. The molecule has 1 saturated heterocycles. The van der Waals surface area contributed by atoms with Crippen molar-refractivity contribution in [2.45, 2.75) is 33.4 Å². The fraction of sp³-hybridized carbons (Fsp3) is 0.600. The maximum atomic E-state index is 12.3. The molecule has 2 aromatic rings. The standard InChI is InChI=1S/C15H22N6O3/c1-10-8-13(23-18-10)17-15(22)11(2)21-6-4-20(5-7-21)9-14-16-12(3)19-24-14/h8,11H,4-7,9H2,1-3H3,(H,17,22)/t11-/m0/s1. The summed E-state index contributed by atoms with van der Waals surface area (Å²) in [5, 5.41) is 10.3. The van der Waals surface area contributed by atoms with Crippen molar-refractivity contribution in [3.63, 3.8) is 0 Å². The molecule has 1 amide bonds. The van der Waals surface area contributed by atoms with Crippen molar-refractivity contribution in [1.29, 1.82) is 0 Å². The first-order valence-electron chi connectivity index (χ1n) is 8.01. The van der Waals surface area contributed by atoms with E-state index in [0.717, 1.165) is 31.9 Å². The van der Waals surface area contributed by atoms with Crippen molar-refractivity contribution in [2.24, 2.45) is 0 Å². The van der Waals surface area contributed by atoms with Crippen LogP contribution >= 0.6 is 0 Å². The lowest BCUT2D eigenvalue weighted by molar-refractivity contribution is -0.121. The van der Waals surface area contributed by atoms with Crippen LogP contribution in [0.1, 0.15) is 24.3 Å². The van der Waals surface area contributed by atoms with Gasteiger partial charge in [-0.15, -0.1) is 0 Å². The highest BCUT2D eigenvalue weighted by Crippen LogP contribution is 2.13. The molecule has 0 spiro atoms. The molecule has 130 valence electrons. The zero-order valence-electron chi connectivity index (χ0n) is 14.2. The lowest BCUT2D eigenvalue weighted by atomic mass is 10.2. The zero-order chi connectivity index (χ0) is 17.1. The Labute approximate surface area is 140 Å². The number of amides is 1. The number of aryl methyl sites for hydroxylation is 2. The average Bonchev–Trinajstić information content (AvgIpc) is 3.15. The third-order valence-electron chi connectivity index (χ3n) is 4.14. The van der Waals surface area contributed by atoms with Crippen molar-refractivity contribution < 1.29 is 13.8 Å². The molecule has 3 heterocycles. The Hall–Kier alpha value is -2.26. The Balaban J connectivity index is 1.47. The van der Waals surface area contributed by atoms with E-state index in [0.29, 0.717) is 24.1 Å². The first-order valence-corrected chi connectivity index (χ1v) is 8.01. The lowest BCUT2D eigenvalue weighted by Gasteiger charge is -2.36. The molecular weight excluding hydrogens is 312 g/mol. The Kier molecular flexibility index (Phi) is 4.91. The van der Waals surface area contributed by atoms with Crippen LogP contribution in [-0.2, 0) is 11.3 Å². The number of hydrogen-bond donors (Lipinski definition) is 1. The molecule has 0 radical (unpaired) electrons. The van der Waals surface area contributed by atoms with Crippen molar-refractivity contribution >= 4 is 11.8 Å². The molecule has 9 heteroatoms. The zero-order valence-corrected chi connectivity index (χ0v) is 14.2. The topological polar surface area (TPSA) is 101 Å². The van der Waals surface area contributed by atoms with Gasteiger partial charge in [-0.25, -0.2) is 0 Å². The molecule has 1 atom stereocenters. The SMILES string of the molecule is Cc1cc(NC(=O)[C@H](C)N2CCN(Cc3nc(C)no3)CC2)on1. The number of hydrogen-bond acceptors (Lipinski definition) is 8. The smallest absolute Gasteiger partial charge is 0.243 e. The first kappa shape index (κ1) is 16.6. The molecule has 1 fully saturated rings. The summed E-state index contributed by atoms with van der Waals surface area (Å²) < 4.78 is 10.2. The summed E-state index contributed by atoms with van der Waals surface area (Å²) in [4.78, 5) is 20.9. The summed E-state index contributed by atoms with van der Waals surface area (Å²) in [5.74, 6) is 1.57. The predicted molar refractivity (Wildman–Crippen MR) is 85.2 cm³/mol. The summed E-state index contributed by atoms with van der Waals surface area (Å²) in [6.07, 6.45) is 0. The Bertz CT molecular complexity index is 689. The van der Waals surface area contributed by atoms with E-state index in [1.807, 2.05) is 13.8 Å². The highest BCUT2D eigenvalue weighted by Gasteiger charge is 2.26. The molecule has 24 heavy (non-hydrogen) atoms. The van der Waals surface area contributed by atoms with Crippen molar-refractivity contribution in [3.8, 4) is 0 Å². The van der Waals surface area contributed by atoms with Crippen LogP contribution in [0.5, 0.6) is 0 Å². The van der Waals surface area contributed by atoms with Gasteiger partial charge in [0.05, 0.1) is 18.3 Å². The summed E-state index contributed by atoms with van der Waals surface area (Å²) in [7, 11) is 0. The molecule has 1 N–H and O–H groups in total. The molecule has 0 aliphatic carbocycles. The van der Waals surface area contributed by atoms with Gasteiger partial charge in [0.1, 0.15) is 0 Å². The van der Waals surface area contributed by atoms with Crippen molar-refractivity contribution in [2.75, 3.05) is 31.5 Å². The number of rotatable bonds is 5. The van der Waals surface area contributed by atoms with E-state index in [9.17, 15) is 4.79 Å². The van der Waals surface area contributed by atoms with Gasteiger partial charge in [0.25, 0.3) is 0 Å². The first-order chi connectivity index (χ1) is 11.5. The highest BCUT2D eigenvalue weighted by atomic mass is 16.5. The number of aromatic nitrogens is 3. The molecule has 3 rings (SSSR count). The van der Waals surface area contributed by atoms with Crippen LogP contribution in [0.3, 0.4) is 0 Å². The van der Waals surface area contributed by atoms with Crippen LogP contribution in [0.4, 0.5) is 5.88 Å². The monoisotopic (exact) mass is 334 g/mol. The maximum absolute atomic E-state index is 12.3. The van der Waals surface area contributed by atoms with Crippen LogP contribution in [0.2, 0.25) is 0 Å². The third-order valence-corrected chi connectivity index (χ3v) is 4.14. The fourth-order valence-corrected chi connectivity index (χ4v) is 2.72. The number of anilines is 1. The van der Waals surface area contributed by atoms with E-state index in [4.69, 9.17) is 9.05 Å². The van der Waals surface area contributed by atoms with Crippen LogP contribution in [-0.4, -0.2) is 63.2 Å². The van der Waals surface area contributed by atoms with Crippen molar-refractivity contribution in [1.82, 2.24) is 25.1 Å². The second kappa shape index (κ2) is 7.10. The number of nitrogens with zero attached hydrogens (tertiary/aromatic N) is 5. The van der Waals surface area contributed by atoms with Gasteiger partial charge < -0.3 is 9.05 Å². The molecule has 0 aromatic carbocycles. The largest absolute Gasteiger partial charge is 0.338 e. The predicted octanol–water partition coefficient (Wildman–Crippen LogP) is 0.819. The van der Waals surface area contributed by atoms with E-state index in [1.54, 1.807) is 13.0 Å². The Morgan fingerprint density at radius 1 is 1.25 bits per heavy atom. The molecule has 1 aliphatic rings. The van der Waals surface area contributed by atoms with Gasteiger partial charge in [-0.1, -0.05) is 10.3 Å². The van der Waals surface area contributed by atoms with Crippen LogP contribution < -0.4 is 5.32 Å². The van der Waals surface area contributed by atoms with Crippen molar-refractivity contribution in [3.05, 3.63) is 23.5 Å². The molecule has 0 bridgehead atoms. The summed E-state index contributed by atoms with van der Waals surface area (Å²) in [5.41, 5.74) is 0.739. The number of carbonyl (C=O) groups is 1. The van der Waals surface area contributed by atoms with E-state index in [1.165, 1.54) is 0 Å². The van der Waals surface area contributed by atoms with Gasteiger partial charge in [0, 0.05) is 32.2 Å². The Morgan fingerprint density at radius 3 is 2.58 bits per heavy atom. The second-order valence-corrected chi connectivity index (χ2v) is 6.05. The quantitative estimate of drug-likeness (QED) is 0.858. The van der Waals surface area contributed by atoms with Gasteiger partial charge in [-0.05, 0) is 20.8 Å². The summed E-state index contributed by atoms with van der Waals surface area (Å²) >= 11 is 0. The maximum Gasteiger partial charge on any atom is 0.243 e. The molecule has 2 aromatic heterocycles.